The Hall–Kier alpha value is -1.35. The van der Waals surface area contributed by atoms with Gasteiger partial charge in [-0.05, 0) is 39.2 Å². The Kier molecular flexibility index (Phi) is 4.70. The standard InChI is InChI=1S/C14H22N2O/c1-11(15)13(17)16-14(2,3)10-9-12-7-5-4-6-8-12/h4-8,11H,9-10,15H2,1-3H3,(H,16,17)/t11-/m1/s1. The molecule has 0 fully saturated rings. The maximum atomic E-state index is 11.5. The second-order valence-corrected chi connectivity index (χ2v) is 5.15. The molecular formula is C14H22N2O. The van der Waals surface area contributed by atoms with Crippen LogP contribution in [-0.2, 0) is 11.2 Å². The number of hydrogen-bond acceptors (Lipinski definition) is 2. The second kappa shape index (κ2) is 5.82. The van der Waals surface area contributed by atoms with Gasteiger partial charge in [-0.1, -0.05) is 30.3 Å². The van der Waals surface area contributed by atoms with Gasteiger partial charge in [-0.2, -0.15) is 0 Å². The van der Waals surface area contributed by atoms with Crippen molar-refractivity contribution in [3.63, 3.8) is 0 Å². The van der Waals surface area contributed by atoms with Crippen molar-refractivity contribution in [3.05, 3.63) is 35.9 Å². The predicted molar refractivity (Wildman–Crippen MR) is 70.6 cm³/mol. The molecule has 0 spiro atoms. The molecule has 1 aromatic carbocycles. The van der Waals surface area contributed by atoms with E-state index in [1.54, 1.807) is 6.92 Å². The highest BCUT2D eigenvalue weighted by Crippen LogP contribution is 2.13. The van der Waals surface area contributed by atoms with Crippen LogP contribution in [-0.4, -0.2) is 17.5 Å². The van der Waals surface area contributed by atoms with Crippen LogP contribution in [0.4, 0.5) is 0 Å². The lowest BCUT2D eigenvalue weighted by Crippen LogP contribution is -2.49. The summed E-state index contributed by atoms with van der Waals surface area (Å²) in [7, 11) is 0. The van der Waals surface area contributed by atoms with Crippen LogP contribution in [0.25, 0.3) is 0 Å². The summed E-state index contributed by atoms with van der Waals surface area (Å²) < 4.78 is 0. The summed E-state index contributed by atoms with van der Waals surface area (Å²) in [4.78, 5) is 11.5. The van der Waals surface area contributed by atoms with Crippen LogP contribution in [0.5, 0.6) is 0 Å². The lowest BCUT2D eigenvalue weighted by atomic mass is 9.95. The van der Waals surface area contributed by atoms with E-state index in [1.807, 2.05) is 32.0 Å². The predicted octanol–water partition coefficient (Wildman–Crippen LogP) is 1.86. The van der Waals surface area contributed by atoms with E-state index < -0.39 is 6.04 Å². The quantitative estimate of drug-likeness (QED) is 0.817. The van der Waals surface area contributed by atoms with Crippen LogP contribution in [0.15, 0.2) is 30.3 Å². The van der Waals surface area contributed by atoms with Gasteiger partial charge in [0.05, 0.1) is 6.04 Å². The number of benzene rings is 1. The van der Waals surface area contributed by atoms with E-state index in [0.29, 0.717) is 0 Å². The Labute approximate surface area is 103 Å². The summed E-state index contributed by atoms with van der Waals surface area (Å²) >= 11 is 0. The van der Waals surface area contributed by atoms with Gasteiger partial charge in [-0.15, -0.1) is 0 Å². The molecule has 0 bridgehead atoms. The molecule has 1 rings (SSSR count). The zero-order chi connectivity index (χ0) is 12.9. The Bertz CT molecular complexity index is 358. The molecule has 0 aromatic heterocycles. The molecule has 0 aliphatic heterocycles. The number of nitrogens with two attached hydrogens (primary N) is 1. The molecule has 0 heterocycles. The molecule has 1 atom stereocenters. The van der Waals surface area contributed by atoms with Crippen LogP contribution < -0.4 is 11.1 Å². The average molecular weight is 234 g/mol. The van der Waals surface area contributed by atoms with E-state index in [-0.39, 0.29) is 11.4 Å². The molecule has 3 nitrogen and oxygen atoms in total. The summed E-state index contributed by atoms with van der Waals surface area (Å²) in [5.41, 5.74) is 6.60. The van der Waals surface area contributed by atoms with Crippen molar-refractivity contribution in [1.29, 1.82) is 0 Å². The fourth-order valence-electron chi connectivity index (χ4n) is 1.61. The number of rotatable bonds is 5. The SMILES string of the molecule is C[C@@H](N)C(=O)NC(C)(C)CCc1ccccc1. The Balaban J connectivity index is 2.47. The van der Waals surface area contributed by atoms with Crippen molar-refractivity contribution in [3.8, 4) is 0 Å². The minimum atomic E-state index is -0.453. The first-order valence-corrected chi connectivity index (χ1v) is 6.02. The van der Waals surface area contributed by atoms with Crippen molar-refractivity contribution in [1.82, 2.24) is 5.32 Å². The molecule has 0 aliphatic carbocycles. The van der Waals surface area contributed by atoms with Crippen molar-refractivity contribution in [2.24, 2.45) is 5.73 Å². The summed E-state index contributed by atoms with van der Waals surface area (Å²) in [6.45, 7) is 5.75. The van der Waals surface area contributed by atoms with E-state index in [1.165, 1.54) is 5.56 Å². The van der Waals surface area contributed by atoms with Gasteiger partial charge in [0.15, 0.2) is 0 Å². The zero-order valence-corrected chi connectivity index (χ0v) is 10.9. The molecule has 3 heteroatoms. The number of carbonyl (C=O) groups is 1. The molecular weight excluding hydrogens is 212 g/mol. The lowest BCUT2D eigenvalue weighted by molar-refractivity contribution is -0.123. The number of hydrogen-bond donors (Lipinski definition) is 2. The van der Waals surface area contributed by atoms with Crippen LogP contribution >= 0.6 is 0 Å². The van der Waals surface area contributed by atoms with Gasteiger partial charge in [0.2, 0.25) is 5.91 Å². The molecule has 0 saturated carbocycles. The van der Waals surface area contributed by atoms with E-state index in [9.17, 15) is 4.79 Å². The molecule has 1 aromatic rings. The van der Waals surface area contributed by atoms with Crippen molar-refractivity contribution in [2.45, 2.75) is 45.2 Å². The van der Waals surface area contributed by atoms with Crippen LogP contribution in [0.2, 0.25) is 0 Å². The van der Waals surface area contributed by atoms with Gasteiger partial charge in [-0.25, -0.2) is 0 Å². The highest BCUT2D eigenvalue weighted by Gasteiger charge is 2.21. The summed E-state index contributed by atoms with van der Waals surface area (Å²) in [5.74, 6) is -0.0944. The topological polar surface area (TPSA) is 55.1 Å². The first-order valence-electron chi connectivity index (χ1n) is 6.02. The molecule has 1 amide bonds. The minimum absolute atomic E-state index is 0.0944. The third-order valence-electron chi connectivity index (χ3n) is 2.76. The lowest BCUT2D eigenvalue weighted by Gasteiger charge is -2.27. The number of nitrogens with one attached hydrogen (secondary N) is 1. The van der Waals surface area contributed by atoms with E-state index in [4.69, 9.17) is 5.73 Å². The Morgan fingerprint density at radius 3 is 2.47 bits per heavy atom. The van der Waals surface area contributed by atoms with E-state index >= 15 is 0 Å². The fraction of sp³-hybridized carbons (Fsp3) is 0.500. The number of aryl methyl sites for hydroxylation is 1. The van der Waals surface area contributed by atoms with Crippen LogP contribution in [0.1, 0.15) is 32.8 Å². The van der Waals surface area contributed by atoms with E-state index in [0.717, 1.165) is 12.8 Å². The van der Waals surface area contributed by atoms with Crippen molar-refractivity contribution in [2.75, 3.05) is 0 Å². The van der Waals surface area contributed by atoms with Gasteiger partial charge >= 0.3 is 0 Å². The summed E-state index contributed by atoms with van der Waals surface area (Å²) in [6, 6.07) is 9.82. The summed E-state index contributed by atoms with van der Waals surface area (Å²) in [5, 5.41) is 2.96. The Morgan fingerprint density at radius 1 is 1.35 bits per heavy atom. The Morgan fingerprint density at radius 2 is 1.94 bits per heavy atom. The highest BCUT2D eigenvalue weighted by atomic mass is 16.2. The molecule has 0 aliphatic rings. The molecule has 0 saturated heterocycles. The van der Waals surface area contributed by atoms with Crippen molar-refractivity contribution < 1.29 is 4.79 Å². The van der Waals surface area contributed by atoms with Gasteiger partial charge < -0.3 is 11.1 Å². The third kappa shape index (κ3) is 5.00. The smallest absolute Gasteiger partial charge is 0.237 e. The van der Waals surface area contributed by atoms with Gasteiger partial charge in [0.1, 0.15) is 0 Å². The average Bonchev–Trinajstić information content (AvgIpc) is 2.27. The highest BCUT2D eigenvalue weighted by molar-refractivity contribution is 5.81. The maximum absolute atomic E-state index is 11.5. The molecule has 0 radical (unpaired) electrons. The molecule has 17 heavy (non-hydrogen) atoms. The first-order chi connectivity index (χ1) is 7.91. The zero-order valence-electron chi connectivity index (χ0n) is 10.9. The third-order valence-corrected chi connectivity index (χ3v) is 2.76. The normalized spacial score (nSPS) is 13.2. The van der Waals surface area contributed by atoms with Crippen molar-refractivity contribution >= 4 is 5.91 Å². The van der Waals surface area contributed by atoms with Gasteiger partial charge in [-0.3, -0.25) is 4.79 Å². The van der Waals surface area contributed by atoms with Gasteiger partial charge in [0, 0.05) is 5.54 Å². The molecule has 3 N–H and O–H groups in total. The summed E-state index contributed by atoms with van der Waals surface area (Å²) in [6.07, 6.45) is 1.85. The number of amides is 1. The monoisotopic (exact) mass is 234 g/mol. The first kappa shape index (κ1) is 13.7. The second-order valence-electron chi connectivity index (χ2n) is 5.15. The van der Waals surface area contributed by atoms with Crippen LogP contribution in [0.3, 0.4) is 0 Å². The maximum Gasteiger partial charge on any atom is 0.237 e. The number of carbonyl (C=O) groups excluding carboxylic acids is 1. The fourth-order valence-corrected chi connectivity index (χ4v) is 1.61. The molecule has 0 unspecified atom stereocenters. The van der Waals surface area contributed by atoms with Gasteiger partial charge in [0.25, 0.3) is 0 Å². The van der Waals surface area contributed by atoms with E-state index in [2.05, 4.69) is 17.4 Å². The largest absolute Gasteiger partial charge is 0.350 e. The minimum Gasteiger partial charge on any atom is -0.350 e. The van der Waals surface area contributed by atoms with Crippen LogP contribution in [0, 0.1) is 0 Å². The molecule has 94 valence electrons.